The molecule has 1 N–H and O–H groups in total. The molecule has 4 rings (SSSR count). The minimum Gasteiger partial charge on any atom is -0.486 e. The molecule has 2 aromatic carbocycles. The second-order valence-electron chi connectivity index (χ2n) is 6.61. The van der Waals surface area contributed by atoms with Gasteiger partial charge in [0.05, 0.1) is 6.04 Å². The summed E-state index contributed by atoms with van der Waals surface area (Å²) in [6, 6.07) is 11.3. The van der Waals surface area contributed by atoms with Crippen LogP contribution in [0.5, 0.6) is 23.0 Å². The quantitative estimate of drug-likeness (QED) is 0.803. The van der Waals surface area contributed by atoms with Crippen LogP contribution in [0.3, 0.4) is 0 Å². The lowest BCUT2D eigenvalue weighted by molar-refractivity contribution is -0.117. The molecule has 1 amide bonds. The third kappa shape index (κ3) is 4.06. The Labute approximate surface area is 164 Å². The van der Waals surface area contributed by atoms with Gasteiger partial charge in [0.25, 0.3) is 0 Å². The number of hydrogen-bond donors (Lipinski definition) is 1. The summed E-state index contributed by atoms with van der Waals surface area (Å²) in [4.78, 5) is 12.4. The first kappa shape index (κ1) is 18.2. The number of benzene rings is 2. The van der Waals surface area contributed by atoms with Gasteiger partial charge in [0, 0.05) is 6.08 Å². The highest BCUT2D eigenvalue weighted by Crippen LogP contribution is 2.33. The monoisotopic (exact) mass is 381 g/mol. The topological polar surface area (TPSA) is 66.0 Å². The normalized spacial score (nSPS) is 15.9. The number of fused-ring (bicyclic) bond motifs is 2. The molecule has 0 fully saturated rings. The lowest BCUT2D eigenvalue weighted by atomic mass is 10.0. The smallest absolute Gasteiger partial charge is 0.244 e. The number of ether oxygens (including phenoxy) is 4. The van der Waals surface area contributed by atoms with Crippen molar-refractivity contribution in [3.05, 3.63) is 53.6 Å². The maximum Gasteiger partial charge on any atom is 0.244 e. The van der Waals surface area contributed by atoms with Crippen LogP contribution in [0.25, 0.3) is 6.08 Å². The molecule has 0 saturated heterocycles. The number of amides is 1. The lowest BCUT2D eigenvalue weighted by Gasteiger charge is -2.22. The maximum atomic E-state index is 12.4. The van der Waals surface area contributed by atoms with Gasteiger partial charge >= 0.3 is 0 Å². The van der Waals surface area contributed by atoms with Crippen molar-refractivity contribution in [2.75, 3.05) is 26.4 Å². The van der Waals surface area contributed by atoms with Crippen LogP contribution in [0.15, 0.2) is 42.5 Å². The Morgan fingerprint density at radius 1 is 0.929 bits per heavy atom. The van der Waals surface area contributed by atoms with Gasteiger partial charge in [-0.25, -0.2) is 0 Å². The third-order valence-corrected chi connectivity index (χ3v) is 4.69. The number of carbonyl (C=O) groups excluding carboxylic acids is 1. The molecule has 2 heterocycles. The fourth-order valence-electron chi connectivity index (χ4n) is 3.25. The molecule has 0 radical (unpaired) electrons. The molecule has 2 aliphatic heterocycles. The Morgan fingerprint density at radius 3 is 2.21 bits per heavy atom. The Hall–Kier alpha value is -3.15. The molecule has 0 aromatic heterocycles. The molecule has 0 spiro atoms. The first-order valence-electron chi connectivity index (χ1n) is 9.50. The average Bonchev–Trinajstić information content (AvgIpc) is 2.75. The van der Waals surface area contributed by atoms with Gasteiger partial charge < -0.3 is 24.3 Å². The van der Waals surface area contributed by atoms with Gasteiger partial charge in [0.1, 0.15) is 26.4 Å². The molecule has 1 atom stereocenters. The van der Waals surface area contributed by atoms with E-state index in [0.29, 0.717) is 32.2 Å². The van der Waals surface area contributed by atoms with Gasteiger partial charge in [0.2, 0.25) is 5.91 Å². The molecule has 6 heteroatoms. The largest absolute Gasteiger partial charge is 0.486 e. The van der Waals surface area contributed by atoms with E-state index in [1.807, 2.05) is 43.3 Å². The predicted octanol–water partition coefficient (Wildman–Crippen LogP) is 3.51. The van der Waals surface area contributed by atoms with E-state index in [4.69, 9.17) is 18.9 Å². The van der Waals surface area contributed by atoms with Crippen LogP contribution in [0, 0.1) is 0 Å². The predicted molar refractivity (Wildman–Crippen MR) is 105 cm³/mol. The van der Waals surface area contributed by atoms with Crippen molar-refractivity contribution in [2.24, 2.45) is 0 Å². The van der Waals surface area contributed by atoms with Gasteiger partial charge in [-0.1, -0.05) is 19.1 Å². The Kier molecular flexibility index (Phi) is 5.37. The van der Waals surface area contributed by atoms with Crippen LogP contribution < -0.4 is 24.3 Å². The van der Waals surface area contributed by atoms with Gasteiger partial charge in [-0.15, -0.1) is 0 Å². The number of nitrogens with one attached hydrogen (secondary N) is 1. The fourth-order valence-corrected chi connectivity index (χ4v) is 3.25. The first-order chi connectivity index (χ1) is 13.7. The Morgan fingerprint density at radius 2 is 1.54 bits per heavy atom. The number of carbonyl (C=O) groups is 1. The van der Waals surface area contributed by atoms with Crippen LogP contribution in [0.1, 0.15) is 30.5 Å². The van der Waals surface area contributed by atoms with Crippen molar-refractivity contribution in [1.29, 1.82) is 0 Å². The molecule has 0 bridgehead atoms. The second-order valence-corrected chi connectivity index (χ2v) is 6.61. The van der Waals surface area contributed by atoms with Gasteiger partial charge in [-0.2, -0.15) is 0 Å². The second kappa shape index (κ2) is 8.25. The van der Waals surface area contributed by atoms with Gasteiger partial charge in [-0.3, -0.25) is 4.79 Å². The molecule has 28 heavy (non-hydrogen) atoms. The van der Waals surface area contributed by atoms with Crippen LogP contribution in [-0.4, -0.2) is 32.3 Å². The summed E-state index contributed by atoms with van der Waals surface area (Å²) in [7, 11) is 0. The molecular formula is C22H23NO5. The van der Waals surface area contributed by atoms with Gasteiger partial charge in [0.15, 0.2) is 23.0 Å². The highest BCUT2D eigenvalue weighted by atomic mass is 16.6. The number of hydrogen-bond acceptors (Lipinski definition) is 5. The summed E-state index contributed by atoms with van der Waals surface area (Å²) in [5, 5.41) is 3.04. The van der Waals surface area contributed by atoms with Crippen molar-refractivity contribution in [3.63, 3.8) is 0 Å². The first-order valence-corrected chi connectivity index (χ1v) is 9.50. The molecule has 0 saturated carbocycles. The van der Waals surface area contributed by atoms with Crippen molar-refractivity contribution in [3.8, 4) is 23.0 Å². The summed E-state index contributed by atoms with van der Waals surface area (Å²) in [6.07, 6.45) is 4.07. The van der Waals surface area contributed by atoms with E-state index in [1.54, 1.807) is 6.08 Å². The van der Waals surface area contributed by atoms with E-state index in [0.717, 1.165) is 34.8 Å². The van der Waals surface area contributed by atoms with E-state index in [2.05, 4.69) is 5.32 Å². The molecule has 2 aliphatic rings. The molecule has 0 aliphatic carbocycles. The third-order valence-electron chi connectivity index (χ3n) is 4.69. The highest BCUT2D eigenvalue weighted by Gasteiger charge is 2.17. The van der Waals surface area contributed by atoms with E-state index >= 15 is 0 Å². The van der Waals surface area contributed by atoms with Crippen molar-refractivity contribution < 1.29 is 23.7 Å². The summed E-state index contributed by atoms with van der Waals surface area (Å²) in [5.41, 5.74) is 1.87. The summed E-state index contributed by atoms with van der Waals surface area (Å²) in [5.74, 6) is 2.75. The van der Waals surface area contributed by atoms with Gasteiger partial charge in [-0.05, 0) is 47.9 Å². The fraction of sp³-hybridized carbons (Fsp3) is 0.318. The minimum atomic E-state index is -0.156. The Balaban J connectivity index is 1.42. The number of rotatable bonds is 5. The Bertz CT molecular complexity index is 892. The van der Waals surface area contributed by atoms with E-state index in [1.165, 1.54) is 6.08 Å². The van der Waals surface area contributed by atoms with Crippen LogP contribution in [0.2, 0.25) is 0 Å². The molecule has 146 valence electrons. The molecule has 6 nitrogen and oxygen atoms in total. The molecule has 0 unspecified atom stereocenters. The average molecular weight is 381 g/mol. The van der Waals surface area contributed by atoms with Crippen LogP contribution in [-0.2, 0) is 4.79 Å². The van der Waals surface area contributed by atoms with Crippen molar-refractivity contribution in [1.82, 2.24) is 5.32 Å². The summed E-state index contributed by atoms with van der Waals surface area (Å²) in [6.45, 7) is 4.23. The zero-order chi connectivity index (χ0) is 19.3. The minimum absolute atomic E-state index is 0.103. The van der Waals surface area contributed by atoms with Crippen LogP contribution in [0.4, 0.5) is 0 Å². The zero-order valence-electron chi connectivity index (χ0n) is 15.8. The van der Waals surface area contributed by atoms with E-state index < -0.39 is 0 Å². The standard InChI is InChI=1S/C22H23NO5/c1-2-17(16-5-7-19-21(14-16)28-12-10-26-19)23-22(24)8-4-15-3-6-18-20(13-15)27-11-9-25-18/h3-8,13-14,17H,2,9-12H2,1H3,(H,23,24)/b8-4+/t17-/m0/s1. The maximum absolute atomic E-state index is 12.4. The van der Waals surface area contributed by atoms with Crippen molar-refractivity contribution in [2.45, 2.75) is 19.4 Å². The molecule has 2 aromatic rings. The van der Waals surface area contributed by atoms with Crippen LogP contribution >= 0.6 is 0 Å². The zero-order valence-corrected chi connectivity index (χ0v) is 15.8. The highest BCUT2D eigenvalue weighted by molar-refractivity contribution is 5.92. The van der Waals surface area contributed by atoms with Crippen molar-refractivity contribution >= 4 is 12.0 Å². The van der Waals surface area contributed by atoms with E-state index in [-0.39, 0.29) is 11.9 Å². The SMILES string of the molecule is CC[C@H](NC(=O)/C=C/c1ccc2c(c1)OCCO2)c1ccc2c(c1)OCCO2. The summed E-state index contributed by atoms with van der Waals surface area (Å²) < 4.78 is 22.3. The lowest BCUT2D eigenvalue weighted by Crippen LogP contribution is -2.26. The molecular weight excluding hydrogens is 358 g/mol. The van der Waals surface area contributed by atoms with E-state index in [9.17, 15) is 4.79 Å². The summed E-state index contributed by atoms with van der Waals surface area (Å²) >= 11 is 0.